The van der Waals surface area contributed by atoms with E-state index in [0.717, 1.165) is 0 Å². The SMILES string of the molecule is CCOC(=O)NC(NC(C)=O)C(NC(C)=O)NC(=O)OCC. The van der Waals surface area contributed by atoms with Crippen LogP contribution in [0.15, 0.2) is 0 Å². The molecule has 0 aromatic carbocycles. The topological polar surface area (TPSA) is 135 Å². The maximum Gasteiger partial charge on any atom is 0.408 e. The Kier molecular flexibility index (Phi) is 9.07. The van der Waals surface area contributed by atoms with Crippen LogP contribution in [-0.2, 0) is 19.1 Å². The smallest absolute Gasteiger partial charge is 0.408 e. The lowest BCUT2D eigenvalue weighted by atomic mass is 10.3. The van der Waals surface area contributed by atoms with Crippen molar-refractivity contribution in [2.24, 2.45) is 0 Å². The van der Waals surface area contributed by atoms with Gasteiger partial charge in [0, 0.05) is 13.8 Å². The van der Waals surface area contributed by atoms with E-state index in [1.54, 1.807) is 13.8 Å². The molecule has 4 amide bonds. The first-order valence-electron chi connectivity index (χ1n) is 6.70. The van der Waals surface area contributed by atoms with Gasteiger partial charge in [0.2, 0.25) is 11.8 Å². The van der Waals surface area contributed by atoms with Crippen molar-refractivity contribution in [2.45, 2.75) is 40.0 Å². The van der Waals surface area contributed by atoms with Crippen molar-refractivity contribution in [3.05, 3.63) is 0 Å². The Bertz CT molecular complexity index is 376. The van der Waals surface area contributed by atoms with E-state index in [1.807, 2.05) is 0 Å². The third kappa shape index (κ3) is 8.61. The minimum absolute atomic E-state index is 0.120. The van der Waals surface area contributed by atoms with Crippen LogP contribution in [0.3, 0.4) is 0 Å². The van der Waals surface area contributed by atoms with E-state index in [-0.39, 0.29) is 13.2 Å². The van der Waals surface area contributed by atoms with Gasteiger partial charge in [0.25, 0.3) is 0 Å². The van der Waals surface area contributed by atoms with Gasteiger partial charge in [0.1, 0.15) is 12.3 Å². The second-order valence-electron chi connectivity index (χ2n) is 4.09. The van der Waals surface area contributed by atoms with Gasteiger partial charge in [0.05, 0.1) is 13.2 Å². The molecule has 0 heterocycles. The van der Waals surface area contributed by atoms with Crippen LogP contribution in [0.1, 0.15) is 27.7 Å². The molecule has 22 heavy (non-hydrogen) atoms. The number of ether oxygens (including phenoxy) is 2. The average molecular weight is 318 g/mol. The zero-order chi connectivity index (χ0) is 17.1. The summed E-state index contributed by atoms with van der Waals surface area (Å²) in [5.74, 6) is -0.967. The van der Waals surface area contributed by atoms with Gasteiger partial charge in [-0.25, -0.2) is 9.59 Å². The van der Waals surface area contributed by atoms with Gasteiger partial charge >= 0.3 is 12.2 Å². The number of rotatable bonds is 7. The lowest BCUT2D eigenvalue weighted by Crippen LogP contribution is -2.65. The maximum absolute atomic E-state index is 11.5. The summed E-state index contributed by atoms with van der Waals surface area (Å²) in [6, 6.07) is 0. The Hall–Kier alpha value is -2.52. The van der Waals surface area contributed by atoms with Crippen LogP contribution >= 0.6 is 0 Å². The third-order valence-electron chi connectivity index (χ3n) is 2.15. The number of carbonyl (C=O) groups is 4. The Morgan fingerprint density at radius 1 is 0.727 bits per heavy atom. The second-order valence-corrected chi connectivity index (χ2v) is 4.09. The van der Waals surface area contributed by atoms with Crippen molar-refractivity contribution < 1.29 is 28.7 Å². The third-order valence-corrected chi connectivity index (χ3v) is 2.15. The summed E-state index contributed by atoms with van der Waals surface area (Å²) >= 11 is 0. The van der Waals surface area contributed by atoms with Gasteiger partial charge in [-0.15, -0.1) is 0 Å². The molecule has 0 aromatic rings. The van der Waals surface area contributed by atoms with Crippen molar-refractivity contribution in [3.8, 4) is 0 Å². The average Bonchev–Trinajstić information content (AvgIpc) is 2.36. The molecule has 0 bridgehead atoms. The van der Waals surface area contributed by atoms with Crippen LogP contribution in [0, 0.1) is 0 Å². The van der Waals surface area contributed by atoms with E-state index < -0.39 is 36.3 Å². The number of carbonyl (C=O) groups excluding carboxylic acids is 4. The highest BCUT2D eigenvalue weighted by Gasteiger charge is 2.27. The summed E-state index contributed by atoms with van der Waals surface area (Å²) in [7, 11) is 0. The molecule has 2 atom stereocenters. The number of hydrogen-bond acceptors (Lipinski definition) is 6. The highest BCUT2D eigenvalue weighted by molar-refractivity contribution is 5.77. The molecule has 2 unspecified atom stereocenters. The van der Waals surface area contributed by atoms with Crippen LogP contribution in [0.4, 0.5) is 9.59 Å². The van der Waals surface area contributed by atoms with Crippen molar-refractivity contribution in [2.75, 3.05) is 13.2 Å². The standard InChI is InChI=1S/C12H22N4O6/c1-5-21-11(19)15-9(13-7(3)17)10(14-8(4)18)16-12(20)22-6-2/h9-10H,5-6H2,1-4H3,(H,13,17)(H,14,18)(H,15,19)(H,16,20). The van der Waals surface area contributed by atoms with E-state index in [1.165, 1.54) is 13.8 Å². The Labute approximate surface area is 128 Å². The largest absolute Gasteiger partial charge is 0.450 e. The Morgan fingerprint density at radius 2 is 1.05 bits per heavy atom. The van der Waals surface area contributed by atoms with Gasteiger partial charge in [0.15, 0.2) is 0 Å². The van der Waals surface area contributed by atoms with Crippen LogP contribution in [0.5, 0.6) is 0 Å². The van der Waals surface area contributed by atoms with Gasteiger partial charge < -0.3 is 20.1 Å². The molecule has 10 nitrogen and oxygen atoms in total. The molecule has 0 aromatic heterocycles. The van der Waals surface area contributed by atoms with Crippen molar-refractivity contribution in [1.29, 1.82) is 0 Å². The molecule has 4 N–H and O–H groups in total. The minimum Gasteiger partial charge on any atom is -0.450 e. The second kappa shape index (κ2) is 10.2. The van der Waals surface area contributed by atoms with Gasteiger partial charge in [-0.2, -0.15) is 0 Å². The molecule has 0 fully saturated rings. The summed E-state index contributed by atoms with van der Waals surface area (Å²) in [5, 5.41) is 9.42. The molecule has 0 spiro atoms. The zero-order valence-corrected chi connectivity index (χ0v) is 13.0. The monoisotopic (exact) mass is 318 g/mol. The fourth-order valence-corrected chi connectivity index (χ4v) is 1.44. The van der Waals surface area contributed by atoms with Crippen LogP contribution < -0.4 is 21.3 Å². The number of hydrogen-bond donors (Lipinski definition) is 4. The zero-order valence-electron chi connectivity index (χ0n) is 13.0. The molecule has 10 heteroatoms. The van der Waals surface area contributed by atoms with Crippen molar-refractivity contribution in [3.63, 3.8) is 0 Å². The number of amides is 4. The van der Waals surface area contributed by atoms with E-state index >= 15 is 0 Å². The molecular weight excluding hydrogens is 296 g/mol. The van der Waals surface area contributed by atoms with Crippen LogP contribution in [-0.4, -0.2) is 49.5 Å². The number of nitrogens with one attached hydrogen (secondary N) is 4. The summed E-state index contributed by atoms with van der Waals surface area (Å²) < 4.78 is 9.41. The first kappa shape index (κ1) is 19.5. The molecule has 0 rings (SSSR count). The lowest BCUT2D eigenvalue weighted by molar-refractivity contribution is -0.122. The van der Waals surface area contributed by atoms with Gasteiger partial charge in [-0.05, 0) is 13.8 Å². The highest BCUT2D eigenvalue weighted by Crippen LogP contribution is 1.92. The first-order chi connectivity index (χ1) is 10.3. The lowest BCUT2D eigenvalue weighted by Gasteiger charge is -2.28. The Morgan fingerprint density at radius 3 is 1.27 bits per heavy atom. The first-order valence-corrected chi connectivity index (χ1v) is 6.70. The van der Waals surface area contributed by atoms with Crippen LogP contribution in [0.25, 0.3) is 0 Å². The van der Waals surface area contributed by atoms with Crippen molar-refractivity contribution >= 4 is 24.0 Å². The number of alkyl carbamates (subject to hydrolysis) is 2. The molecule has 0 aliphatic rings. The van der Waals surface area contributed by atoms with E-state index in [0.29, 0.717) is 0 Å². The summed E-state index contributed by atoms with van der Waals surface area (Å²) in [6.45, 7) is 5.89. The fraction of sp³-hybridized carbons (Fsp3) is 0.667. The normalized spacial score (nSPS) is 12.4. The molecular formula is C12H22N4O6. The van der Waals surface area contributed by atoms with E-state index in [2.05, 4.69) is 21.3 Å². The molecule has 0 aliphatic heterocycles. The van der Waals surface area contributed by atoms with Gasteiger partial charge in [-0.3, -0.25) is 20.2 Å². The fourth-order valence-electron chi connectivity index (χ4n) is 1.44. The maximum atomic E-state index is 11.5. The van der Waals surface area contributed by atoms with Crippen LogP contribution in [0.2, 0.25) is 0 Å². The summed E-state index contributed by atoms with van der Waals surface area (Å²) in [4.78, 5) is 45.5. The highest BCUT2D eigenvalue weighted by atomic mass is 16.6. The predicted molar refractivity (Wildman–Crippen MR) is 75.5 cm³/mol. The predicted octanol–water partition coefficient (Wildman–Crippen LogP) is -0.597. The Balaban J connectivity index is 5.05. The van der Waals surface area contributed by atoms with Crippen molar-refractivity contribution in [1.82, 2.24) is 21.3 Å². The molecule has 0 saturated carbocycles. The summed E-state index contributed by atoms with van der Waals surface area (Å²) in [5.41, 5.74) is 0. The minimum atomic E-state index is -1.12. The quantitative estimate of drug-likeness (QED) is 0.463. The summed E-state index contributed by atoms with van der Waals surface area (Å²) in [6.07, 6.45) is -3.88. The molecule has 0 saturated heterocycles. The van der Waals surface area contributed by atoms with E-state index in [9.17, 15) is 19.2 Å². The molecule has 126 valence electrons. The van der Waals surface area contributed by atoms with Gasteiger partial charge in [-0.1, -0.05) is 0 Å². The molecule has 0 radical (unpaired) electrons. The van der Waals surface area contributed by atoms with E-state index in [4.69, 9.17) is 9.47 Å². The molecule has 0 aliphatic carbocycles.